The first-order valence-electron chi connectivity index (χ1n) is 4.96. The lowest BCUT2D eigenvalue weighted by molar-refractivity contribution is 0.0543. The van der Waals surface area contributed by atoms with Crippen molar-refractivity contribution in [2.75, 3.05) is 0 Å². The molecule has 0 N–H and O–H groups in total. The van der Waals surface area contributed by atoms with E-state index in [9.17, 15) is 4.79 Å². The van der Waals surface area contributed by atoms with Gasteiger partial charge in [0.15, 0.2) is 5.65 Å². The quantitative estimate of drug-likeness (QED) is 0.675. The zero-order chi connectivity index (χ0) is 12.6. The van der Waals surface area contributed by atoms with Crippen LogP contribution >= 0.6 is 11.6 Å². The van der Waals surface area contributed by atoms with Crippen molar-refractivity contribution in [3.05, 3.63) is 17.8 Å². The molecule has 0 atom stereocenters. The van der Waals surface area contributed by atoms with Crippen LogP contribution in [-0.2, 0) is 4.74 Å². The number of carbonyl (C=O) groups excluding carboxylic acids is 1. The minimum atomic E-state index is -0.579. The molecule has 7 heteroatoms. The number of hydrogen-bond donors (Lipinski definition) is 0. The standard InChI is InChI=1S/C10H11ClN4O2/c1-10(2,3)17-9(16)15-5-13-6-4-12-8(11)14-7(6)15/h4-5H,1-3H3. The van der Waals surface area contributed by atoms with Crippen LogP contribution in [0.4, 0.5) is 4.79 Å². The summed E-state index contributed by atoms with van der Waals surface area (Å²) in [5.41, 5.74) is 0.240. The van der Waals surface area contributed by atoms with Crippen molar-refractivity contribution < 1.29 is 9.53 Å². The second-order valence-corrected chi connectivity index (χ2v) is 4.78. The lowest BCUT2D eigenvalue weighted by atomic mass is 10.2. The van der Waals surface area contributed by atoms with Crippen molar-refractivity contribution in [1.29, 1.82) is 0 Å². The van der Waals surface area contributed by atoms with Crippen molar-refractivity contribution in [3.63, 3.8) is 0 Å². The van der Waals surface area contributed by atoms with Gasteiger partial charge in [-0.15, -0.1) is 0 Å². The number of fused-ring (bicyclic) bond motifs is 1. The Morgan fingerprint density at radius 1 is 1.41 bits per heavy atom. The molecule has 0 amide bonds. The SMILES string of the molecule is CC(C)(C)OC(=O)n1cnc2cnc(Cl)nc21. The summed E-state index contributed by atoms with van der Waals surface area (Å²) in [6.07, 6.45) is 2.24. The molecule has 0 aromatic carbocycles. The number of imidazole rings is 1. The Hall–Kier alpha value is -1.69. The molecule has 17 heavy (non-hydrogen) atoms. The molecule has 0 aliphatic rings. The van der Waals surface area contributed by atoms with Crippen LogP contribution in [-0.4, -0.2) is 31.2 Å². The van der Waals surface area contributed by atoms with Crippen molar-refractivity contribution in [2.24, 2.45) is 0 Å². The Morgan fingerprint density at radius 3 is 2.76 bits per heavy atom. The van der Waals surface area contributed by atoms with Gasteiger partial charge in [-0.05, 0) is 32.4 Å². The summed E-state index contributed by atoms with van der Waals surface area (Å²) in [5, 5.41) is 0.0582. The lowest BCUT2D eigenvalue weighted by Gasteiger charge is -2.19. The van der Waals surface area contributed by atoms with Gasteiger partial charge >= 0.3 is 6.09 Å². The van der Waals surface area contributed by atoms with Gasteiger partial charge in [-0.2, -0.15) is 4.98 Å². The molecule has 2 rings (SSSR count). The van der Waals surface area contributed by atoms with Gasteiger partial charge in [0.2, 0.25) is 5.28 Å². The average Bonchev–Trinajstić information content (AvgIpc) is 2.57. The maximum Gasteiger partial charge on any atom is 0.421 e. The van der Waals surface area contributed by atoms with Crippen LogP contribution in [0.1, 0.15) is 20.8 Å². The highest BCUT2D eigenvalue weighted by molar-refractivity contribution is 6.28. The highest BCUT2D eigenvalue weighted by Crippen LogP contribution is 2.14. The number of rotatable bonds is 0. The van der Waals surface area contributed by atoms with E-state index in [-0.39, 0.29) is 5.28 Å². The summed E-state index contributed by atoms with van der Waals surface area (Å²) in [4.78, 5) is 23.6. The Labute approximate surface area is 103 Å². The van der Waals surface area contributed by atoms with Crippen molar-refractivity contribution in [2.45, 2.75) is 26.4 Å². The van der Waals surface area contributed by atoms with Gasteiger partial charge in [0.05, 0.1) is 6.20 Å². The third-order valence-electron chi connectivity index (χ3n) is 1.85. The number of carbonyl (C=O) groups is 1. The predicted molar refractivity (Wildman–Crippen MR) is 62.0 cm³/mol. The van der Waals surface area contributed by atoms with E-state index in [2.05, 4.69) is 15.0 Å². The van der Waals surface area contributed by atoms with Crippen LogP contribution in [0.25, 0.3) is 11.2 Å². The fourth-order valence-corrected chi connectivity index (χ4v) is 1.36. The summed E-state index contributed by atoms with van der Waals surface area (Å²) in [6, 6.07) is 0. The maximum atomic E-state index is 11.8. The van der Waals surface area contributed by atoms with E-state index < -0.39 is 11.7 Å². The molecule has 90 valence electrons. The van der Waals surface area contributed by atoms with Gasteiger partial charge < -0.3 is 4.74 Å². The number of halogens is 1. The lowest BCUT2D eigenvalue weighted by Crippen LogP contribution is -2.26. The molecule has 2 aromatic rings. The van der Waals surface area contributed by atoms with E-state index in [1.54, 1.807) is 20.8 Å². The minimum absolute atomic E-state index is 0.0582. The first kappa shape index (κ1) is 11.8. The summed E-state index contributed by atoms with van der Waals surface area (Å²) in [7, 11) is 0. The Kier molecular flexibility index (Phi) is 2.74. The van der Waals surface area contributed by atoms with E-state index in [0.717, 1.165) is 0 Å². The third kappa shape index (κ3) is 2.52. The predicted octanol–water partition coefficient (Wildman–Crippen LogP) is 2.26. The van der Waals surface area contributed by atoms with Gasteiger partial charge in [-0.3, -0.25) is 0 Å². The second-order valence-electron chi connectivity index (χ2n) is 4.44. The first-order valence-corrected chi connectivity index (χ1v) is 5.33. The van der Waals surface area contributed by atoms with Gasteiger partial charge in [-0.25, -0.2) is 19.3 Å². The molecule has 0 aliphatic heterocycles. The second kappa shape index (κ2) is 3.96. The minimum Gasteiger partial charge on any atom is -0.443 e. The zero-order valence-corrected chi connectivity index (χ0v) is 10.4. The van der Waals surface area contributed by atoms with Gasteiger partial charge in [0.25, 0.3) is 0 Å². The molecule has 0 saturated heterocycles. The van der Waals surface area contributed by atoms with E-state index in [1.165, 1.54) is 17.1 Å². The molecule has 6 nitrogen and oxygen atoms in total. The normalized spacial score (nSPS) is 11.8. The third-order valence-corrected chi connectivity index (χ3v) is 2.03. The summed E-state index contributed by atoms with van der Waals surface area (Å²) >= 11 is 5.67. The number of aromatic nitrogens is 4. The Bertz CT molecular complexity index is 573. The highest BCUT2D eigenvalue weighted by atomic mass is 35.5. The van der Waals surface area contributed by atoms with Crippen molar-refractivity contribution in [3.8, 4) is 0 Å². The monoisotopic (exact) mass is 254 g/mol. The number of hydrogen-bond acceptors (Lipinski definition) is 5. The molecule has 0 bridgehead atoms. The van der Waals surface area contributed by atoms with Gasteiger partial charge in [0, 0.05) is 0 Å². The topological polar surface area (TPSA) is 69.9 Å². The number of ether oxygens (including phenoxy) is 1. The van der Waals surface area contributed by atoms with Crippen LogP contribution in [0.15, 0.2) is 12.5 Å². The molecular weight excluding hydrogens is 244 g/mol. The average molecular weight is 255 g/mol. The summed E-state index contributed by atoms with van der Waals surface area (Å²) < 4.78 is 6.41. The van der Waals surface area contributed by atoms with E-state index >= 15 is 0 Å². The molecular formula is C10H11ClN4O2. The maximum absolute atomic E-state index is 11.8. The Morgan fingerprint density at radius 2 is 2.12 bits per heavy atom. The first-order chi connectivity index (χ1) is 7.87. The van der Waals surface area contributed by atoms with Crippen molar-refractivity contribution in [1.82, 2.24) is 19.5 Å². The highest BCUT2D eigenvalue weighted by Gasteiger charge is 2.20. The van der Waals surface area contributed by atoms with E-state index in [4.69, 9.17) is 16.3 Å². The zero-order valence-electron chi connectivity index (χ0n) is 9.64. The Balaban J connectivity index is 2.42. The largest absolute Gasteiger partial charge is 0.443 e. The van der Waals surface area contributed by atoms with Crippen LogP contribution in [0.5, 0.6) is 0 Å². The van der Waals surface area contributed by atoms with Gasteiger partial charge in [0.1, 0.15) is 17.4 Å². The molecule has 0 spiro atoms. The summed E-state index contributed by atoms with van der Waals surface area (Å²) in [6.45, 7) is 5.35. The number of nitrogens with zero attached hydrogens (tertiary/aromatic N) is 4. The molecule has 2 aromatic heterocycles. The summed E-state index contributed by atoms with van der Waals surface area (Å²) in [5.74, 6) is 0. The molecule has 0 saturated carbocycles. The molecule has 0 unspecified atom stereocenters. The van der Waals surface area contributed by atoms with E-state index in [1.807, 2.05) is 0 Å². The fraction of sp³-hybridized carbons (Fsp3) is 0.400. The van der Waals surface area contributed by atoms with Crippen LogP contribution < -0.4 is 0 Å². The molecule has 0 aliphatic carbocycles. The van der Waals surface area contributed by atoms with Crippen LogP contribution in [0.3, 0.4) is 0 Å². The molecule has 2 heterocycles. The van der Waals surface area contributed by atoms with Crippen molar-refractivity contribution >= 4 is 28.9 Å². The van der Waals surface area contributed by atoms with Crippen LogP contribution in [0.2, 0.25) is 5.28 Å². The van der Waals surface area contributed by atoms with E-state index in [0.29, 0.717) is 11.2 Å². The molecule has 0 radical (unpaired) electrons. The molecule has 0 fully saturated rings. The fourth-order valence-electron chi connectivity index (χ4n) is 1.23. The van der Waals surface area contributed by atoms with Crippen LogP contribution in [0, 0.1) is 0 Å². The van der Waals surface area contributed by atoms with Gasteiger partial charge in [-0.1, -0.05) is 0 Å². The smallest absolute Gasteiger partial charge is 0.421 e.